The molecule has 0 aliphatic heterocycles. The number of oxazole rings is 1. The Bertz CT molecular complexity index is 614. The third kappa shape index (κ3) is 4.91. The monoisotopic (exact) mass is 300 g/mol. The molecule has 3 N–H and O–H groups in total. The molecule has 22 heavy (non-hydrogen) atoms. The van der Waals surface area contributed by atoms with Crippen LogP contribution in [0.1, 0.15) is 31.5 Å². The second-order valence-electron chi connectivity index (χ2n) is 5.82. The molecule has 0 saturated carbocycles. The summed E-state index contributed by atoms with van der Waals surface area (Å²) in [6, 6.07) is 8.06. The molecule has 0 unspecified atom stereocenters. The average molecular weight is 300 g/mol. The Labute approximate surface area is 131 Å². The summed E-state index contributed by atoms with van der Waals surface area (Å²) in [5, 5.41) is 3.10. The second-order valence-corrected chi connectivity index (χ2v) is 5.82. The third-order valence-corrected chi connectivity index (χ3v) is 3.29. The largest absolute Gasteiger partial charge is 0.444 e. The Kier molecular flexibility index (Phi) is 5.58. The van der Waals surface area contributed by atoms with Crippen molar-refractivity contribution in [1.29, 1.82) is 0 Å². The van der Waals surface area contributed by atoms with Crippen LogP contribution in [0, 0.1) is 12.8 Å². The predicted molar refractivity (Wildman–Crippen MR) is 89.5 cm³/mol. The molecule has 2 rings (SSSR count). The van der Waals surface area contributed by atoms with Gasteiger partial charge in [0, 0.05) is 12.1 Å². The molecule has 5 heteroatoms. The number of aromatic nitrogens is 1. The number of guanidine groups is 1. The highest BCUT2D eigenvalue weighted by Crippen LogP contribution is 2.19. The van der Waals surface area contributed by atoms with Crippen LogP contribution in [-0.2, 0) is 6.54 Å². The maximum absolute atomic E-state index is 5.82. The molecule has 0 spiro atoms. The van der Waals surface area contributed by atoms with Crippen LogP contribution < -0.4 is 11.1 Å². The van der Waals surface area contributed by atoms with Gasteiger partial charge in [0.1, 0.15) is 12.0 Å². The molecule has 118 valence electrons. The predicted octanol–water partition coefficient (Wildman–Crippen LogP) is 3.10. The highest BCUT2D eigenvalue weighted by molar-refractivity contribution is 5.77. The van der Waals surface area contributed by atoms with Crippen LogP contribution in [0.15, 0.2) is 39.9 Å². The van der Waals surface area contributed by atoms with Gasteiger partial charge in [0.15, 0.2) is 5.96 Å². The van der Waals surface area contributed by atoms with Gasteiger partial charge in [-0.15, -0.1) is 0 Å². The summed E-state index contributed by atoms with van der Waals surface area (Å²) in [5.41, 5.74) is 8.76. The number of nitrogens with one attached hydrogen (secondary N) is 1. The minimum atomic E-state index is 0.413. The standard InChI is InChI=1S/C17H24N4O/c1-12(2)8-9-19-17(18)20-10-15-11-22-16(21-15)14-6-4-13(3)5-7-14/h4-7,11-12H,8-10H2,1-3H3,(H3,18,19,20). The Morgan fingerprint density at radius 1 is 1.32 bits per heavy atom. The lowest BCUT2D eigenvalue weighted by atomic mass is 10.1. The van der Waals surface area contributed by atoms with Gasteiger partial charge in [-0.1, -0.05) is 31.5 Å². The number of rotatable bonds is 6. The SMILES string of the molecule is Cc1ccc(-c2nc(CN=C(N)NCCC(C)C)co2)cc1. The van der Waals surface area contributed by atoms with E-state index in [-0.39, 0.29) is 0 Å². The summed E-state index contributed by atoms with van der Waals surface area (Å²) in [5.74, 6) is 1.70. The highest BCUT2D eigenvalue weighted by Gasteiger charge is 2.06. The molecule has 1 heterocycles. The quantitative estimate of drug-likeness (QED) is 0.635. The molecule has 1 aromatic carbocycles. The second kappa shape index (κ2) is 7.64. The number of nitrogens with two attached hydrogens (primary N) is 1. The van der Waals surface area contributed by atoms with Crippen molar-refractivity contribution >= 4 is 5.96 Å². The number of hydrogen-bond donors (Lipinski definition) is 2. The minimum absolute atomic E-state index is 0.413. The van der Waals surface area contributed by atoms with Gasteiger partial charge in [0.2, 0.25) is 5.89 Å². The van der Waals surface area contributed by atoms with Crippen molar-refractivity contribution in [2.75, 3.05) is 6.54 Å². The maximum atomic E-state index is 5.82. The van der Waals surface area contributed by atoms with Crippen molar-refractivity contribution in [3.05, 3.63) is 41.8 Å². The number of aliphatic imine (C=N–C) groups is 1. The first kappa shape index (κ1) is 16.1. The first-order valence-electron chi connectivity index (χ1n) is 7.60. The molecule has 0 saturated heterocycles. The Balaban J connectivity index is 1.90. The lowest BCUT2D eigenvalue weighted by Crippen LogP contribution is -2.32. The molecule has 0 radical (unpaired) electrons. The normalized spacial score (nSPS) is 11.9. The smallest absolute Gasteiger partial charge is 0.226 e. The Morgan fingerprint density at radius 3 is 2.73 bits per heavy atom. The van der Waals surface area contributed by atoms with Crippen molar-refractivity contribution in [1.82, 2.24) is 10.3 Å². The zero-order valence-corrected chi connectivity index (χ0v) is 13.5. The number of benzene rings is 1. The van der Waals surface area contributed by atoms with Crippen molar-refractivity contribution in [2.24, 2.45) is 16.6 Å². The van der Waals surface area contributed by atoms with Crippen molar-refractivity contribution in [3.63, 3.8) is 0 Å². The van der Waals surface area contributed by atoms with Crippen LogP contribution in [0.4, 0.5) is 0 Å². The summed E-state index contributed by atoms with van der Waals surface area (Å²) in [7, 11) is 0. The van der Waals surface area contributed by atoms with E-state index >= 15 is 0 Å². The van der Waals surface area contributed by atoms with Crippen LogP contribution >= 0.6 is 0 Å². The van der Waals surface area contributed by atoms with Crippen LogP contribution in [0.2, 0.25) is 0 Å². The molecule has 0 aliphatic carbocycles. The molecule has 1 aromatic heterocycles. The van der Waals surface area contributed by atoms with E-state index in [1.54, 1.807) is 6.26 Å². The lowest BCUT2D eigenvalue weighted by molar-refractivity contribution is 0.572. The van der Waals surface area contributed by atoms with Gasteiger partial charge in [-0.25, -0.2) is 9.98 Å². The van der Waals surface area contributed by atoms with Gasteiger partial charge in [-0.2, -0.15) is 0 Å². The summed E-state index contributed by atoms with van der Waals surface area (Å²) < 4.78 is 5.49. The molecular weight excluding hydrogens is 276 g/mol. The van der Waals surface area contributed by atoms with Crippen LogP contribution in [-0.4, -0.2) is 17.5 Å². The topological polar surface area (TPSA) is 76.4 Å². The zero-order valence-electron chi connectivity index (χ0n) is 13.5. The fourth-order valence-electron chi connectivity index (χ4n) is 1.92. The molecule has 5 nitrogen and oxygen atoms in total. The molecule has 0 atom stereocenters. The van der Waals surface area contributed by atoms with Crippen LogP contribution in [0.25, 0.3) is 11.5 Å². The molecule has 0 bridgehead atoms. The van der Waals surface area contributed by atoms with Gasteiger partial charge in [-0.3, -0.25) is 0 Å². The Morgan fingerprint density at radius 2 is 2.05 bits per heavy atom. The first-order chi connectivity index (χ1) is 10.5. The maximum Gasteiger partial charge on any atom is 0.226 e. The summed E-state index contributed by atoms with van der Waals surface area (Å²) in [4.78, 5) is 8.71. The van der Waals surface area contributed by atoms with Gasteiger partial charge in [-0.05, 0) is 31.4 Å². The molecule has 0 amide bonds. The molecule has 0 aliphatic rings. The fourth-order valence-corrected chi connectivity index (χ4v) is 1.92. The van der Waals surface area contributed by atoms with Crippen molar-refractivity contribution in [3.8, 4) is 11.5 Å². The molecule has 2 aromatic rings. The molecular formula is C17H24N4O. The summed E-state index contributed by atoms with van der Waals surface area (Å²) in [6.45, 7) is 7.65. The van der Waals surface area contributed by atoms with Gasteiger partial charge < -0.3 is 15.5 Å². The van der Waals surface area contributed by atoms with Crippen molar-refractivity contribution < 1.29 is 4.42 Å². The van der Waals surface area contributed by atoms with E-state index in [0.717, 1.165) is 24.2 Å². The summed E-state index contributed by atoms with van der Waals surface area (Å²) in [6.07, 6.45) is 2.69. The van der Waals surface area contributed by atoms with E-state index in [1.807, 2.05) is 24.3 Å². The van der Waals surface area contributed by atoms with Gasteiger partial charge >= 0.3 is 0 Å². The first-order valence-corrected chi connectivity index (χ1v) is 7.60. The van der Waals surface area contributed by atoms with E-state index in [9.17, 15) is 0 Å². The van der Waals surface area contributed by atoms with Gasteiger partial charge in [0.05, 0.1) is 6.54 Å². The number of nitrogens with zero attached hydrogens (tertiary/aromatic N) is 2. The van der Waals surface area contributed by atoms with Crippen LogP contribution in [0.5, 0.6) is 0 Å². The average Bonchev–Trinajstić information content (AvgIpc) is 2.94. The van der Waals surface area contributed by atoms with E-state index in [2.05, 4.69) is 36.1 Å². The number of hydrogen-bond acceptors (Lipinski definition) is 3. The van der Waals surface area contributed by atoms with Gasteiger partial charge in [0.25, 0.3) is 0 Å². The zero-order chi connectivity index (χ0) is 15.9. The minimum Gasteiger partial charge on any atom is -0.444 e. The third-order valence-electron chi connectivity index (χ3n) is 3.29. The Hall–Kier alpha value is -2.30. The number of aryl methyl sites for hydroxylation is 1. The summed E-state index contributed by atoms with van der Waals surface area (Å²) >= 11 is 0. The van der Waals surface area contributed by atoms with E-state index < -0.39 is 0 Å². The lowest BCUT2D eigenvalue weighted by Gasteiger charge is -2.06. The highest BCUT2D eigenvalue weighted by atomic mass is 16.3. The van der Waals surface area contributed by atoms with Crippen molar-refractivity contribution in [2.45, 2.75) is 33.7 Å². The van der Waals surface area contributed by atoms with E-state index in [4.69, 9.17) is 10.2 Å². The molecule has 0 fully saturated rings. The van der Waals surface area contributed by atoms with E-state index in [0.29, 0.717) is 24.3 Å². The van der Waals surface area contributed by atoms with E-state index in [1.165, 1.54) is 5.56 Å². The van der Waals surface area contributed by atoms with Crippen LogP contribution in [0.3, 0.4) is 0 Å². The fraction of sp³-hybridized carbons (Fsp3) is 0.412.